The monoisotopic (exact) mass is 340 g/mol. The lowest BCUT2D eigenvalue weighted by Crippen LogP contribution is -1.97. The van der Waals surface area contributed by atoms with E-state index in [0.717, 1.165) is 11.6 Å². The van der Waals surface area contributed by atoms with Gasteiger partial charge in [0.05, 0.1) is 15.9 Å². The number of phenolic OH excluding ortho intramolecular Hbond substituents is 1. The molecular formula is C17H12N2O4S. The zero-order valence-corrected chi connectivity index (χ0v) is 13.1. The summed E-state index contributed by atoms with van der Waals surface area (Å²) >= 11 is 0. The minimum absolute atomic E-state index is 0.230. The Labute approximate surface area is 137 Å². The summed E-state index contributed by atoms with van der Waals surface area (Å²) in [6.45, 7) is 0. The van der Waals surface area contributed by atoms with Crippen LogP contribution in [0.15, 0.2) is 59.5 Å². The topological polar surface area (TPSA) is 103 Å². The third kappa shape index (κ3) is 2.31. The van der Waals surface area contributed by atoms with Gasteiger partial charge in [0, 0.05) is 22.4 Å². The van der Waals surface area contributed by atoms with Gasteiger partial charge in [-0.3, -0.25) is 4.55 Å². The first-order chi connectivity index (χ1) is 11.4. The molecular weight excluding hydrogens is 328 g/mol. The second-order valence-electron chi connectivity index (χ2n) is 5.43. The van der Waals surface area contributed by atoms with Crippen LogP contribution in [0.1, 0.15) is 0 Å². The maximum atomic E-state index is 11.4. The Morgan fingerprint density at radius 3 is 2.42 bits per heavy atom. The number of benzene rings is 3. The molecule has 0 saturated carbocycles. The highest BCUT2D eigenvalue weighted by molar-refractivity contribution is 7.85. The van der Waals surface area contributed by atoms with Gasteiger partial charge in [0.25, 0.3) is 10.1 Å². The smallest absolute Gasteiger partial charge is 0.294 e. The van der Waals surface area contributed by atoms with Gasteiger partial charge in [0.2, 0.25) is 0 Å². The van der Waals surface area contributed by atoms with Crippen molar-refractivity contribution in [3.8, 4) is 17.1 Å². The van der Waals surface area contributed by atoms with Crippen molar-refractivity contribution in [2.24, 2.45) is 0 Å². The molecule has 0 spiro atoms. The lowest BCUT2D eigenvalue weighted by molar-refractivity contribution is 0.471. The number of phenols is 1. The van der Waals surface area contributed by atoms with Crippen LogP contribution in [0, 0.1) is 0 Å². The quantitative estimate of drug-likeness (QED) is 0.486. The average molecular weight is 340 g/mol. The van der Waals surface area contributed by atoms with Gasteiger partial charge in [-0.05, 0) is 18.2 Å². The summed E-state index contributed by atoms with van der Waals surface area (Å²) in [5.74, 6) is 0.404. The van der Waals surface area contributed by atoms with Crippen LogP contribution in [0.3, 0.4) is 0 Å². The molecule has 0 bridgehead atoms. The Morgan fingerprint density at radius 1 is 0.958 bits per heavy atom. The molecule has 3 aromatic carbocycles. The van der Waals surface area contributed by atoms with Crippen molar-refractivity contribution in [3.63, 3.8) is 0 Å². The summed E-state index contributed by atoms with van der Waals surface area (Å²) in [5, 5.41) is 11.0. The van der Waals surface area contributed by atoms with Crippen LogP contribution in [-0.4, -0.2) is 28.0 Å². The number of imidazole rings is 1. The van der Waals surface area contributed by atoms with Crippen LogP contribution in [0.4, 0.5) is 0 Å². The van der Waals surface area contributed by atoms with E-state index in [1.807, 2.05) is 30.3 Å². The van der Waals surface area contributed by atoms with Gasteiger partial charge >= 0.3 is 0 Å². The highest BCUT2D eigenvalue weighted by Gasteiger charge is 2.16. The molecule has 0 aliphatic rings. The van der Waals surface area contributed by atoms with Crippen LogP contribution in [-0.2, 0) is 10.1 Å². The summed E-state index contributed by atoms with van der Waals surface area (Å²) < 4.78 is 32.1. The highest BCUT2D eigenvalue weighted by Crippen LogP contribution is 2.34. The molecule has 0 amide bonds. The second kappa shape index (κ2) is 5.05. The van der Waals surface area contributed by atoms with Crippen LogP contribution in [0.25, 0.3) is 33.2 Å². The van der Waals surface area contributed by atoms with E-state index in [1.54, 1.807) is 12.1 Å². The molecule has 0 atom stereocenters. The number of aromatic hydroxyl groups is 1. The predicted octanol–water partition coefficient (Wildman–Crippen LogP) is 3.34. The number of aromatic nitrogens is 2. The van der Waals surface area contributed by atoms with Crippen molar-refractivity contribution >= 4 is 31.9 Å². The molecule has 0 fully saturated rings. The van der Waals surface area contributed by atoms with E-state index in [-0.39, 0.29) is 10.6 Å². The minimum Gasteiger partial charge on any atom is -0.507 e. The van der Waals surface area contributed by atoms with E-state index >= 15 is 0 Å². The summed E-state index contributed by atoms with van der Waals surface area (Å²) in [5.41, 5.74) is 2.11. The standard InChI is InChI=1S/C17H12N2O4S/c20-15-9-11(24(21,22)23)8-13-12(15)6-7-14-16(13)19-17(18-14)10-4-2-1-3-5-10/h1-9,20H,(H,18,19)(H,21,22,23). The Kier molecular flexibility index (Phi) is 3.09. The molecule has 7 heteroatoms. The Bertz CT molecular complexity index is 1180. The molecule has 1 aromatic heterocycles. The van der Waals surface area contributed by atoms with Gasteiger partial charge in [-0.25, -0.2) is 4.98 Å². The Balaban J connectivity index is 2.06. The highest BCUT2D eigenvalue weighted by atomic mass is 32.2. The van der Waals surface area contributed by atoms with Crippen molar-refractivity contribution < 1.29 is 18.1 Å². The molecule has 1 heterocycles. The molecule has 0 saturated heterocycles. The van der Waals surface area contributed by atoms with E-state index in [0.29, 0.717) is 27.6 Å². The van der Waals surface area contributed by atoms with Gasteiger partial charge in [-0.2, -0.15) is 8.42 Å². The first-order valence-corrected chi connectivity index (χ1v) is 8.56. The fourth-order valence-corrected chi connectivity index (χ4v) is 3.27. The predicted molar refractivity (Wildman–Crippen MR) is 90.5 cm³/mol. The first-order valence-electron chi connectivity index (χ1n) is 7.12. The number of hydrogen-bond donors (Lipinski definition) is 3. The van der Waals surface area contributed by atoms with Crippen molar-refractivity contribution in [1.29, 1.82) is 0 Å². The number of aromatic amines is 1. The van der Waals surface area contributed by atoms with Crippen LogP contribution < -0.4 is 0 Å². The zero-order valence-electron chi connectivity index (χ0n) is 12.3. The number of nitrogens with zero attached hydrogens (tertiary/aromatic N) is 1. The average Bonchev–Trinajstić information content (AvgIpc) is 2.99. The third-order valence-electron chi connectivity index (χ3n) is 3.88. The minimum atomic E-state index is -4.43. The largest absolute Gasteiger partial charge is 0.507 e. The molecule has 0 aliphatic heterocycles. The van der Waals surface area contributed by atoms with Gasteiger partial charge in [-0.1, -0.05) is 30.3 Å². The normalized spacial score (nSPS) is 12.0. The van der Waals surface area contributed by atoms with Gasteiger partial charge in [-0.15, -0.1) is 0 Å². The van der Waals surface area contributed by atoms with E-state index in [9.17, 15) is 18.1 Å². The first kappa shape index (κ1) is 14.7. The lowest BCUT2D eigenvalue weighted by Gasteiger charge is -2.04. The third-order valence-corrected chi connectivity index (χ3v) is 4.71. The van der Waals surface area contributed by atoms with Crippen molar-refractivity contribution in [2.45, 2.75) is 4.90 Å². The van der Waals surface area contributed by atoms with Gasteiger partial charge in [0.1, 0.15) is 11.6 Å². The Morgan fingerprint density at radius 2 is 1.71 bits per heavy atom. The zero-order chi connectivity index (χ0) is 16.9. The summed E-state index contributed by atoms with van der Waals surface area (Å²) in [7, 11) is -4.43. The van der Waals surface area contributed by atoms with Gasteiger partial charge < -0.3 is 10.1 Å². The van der Waals surface area contributed by atoms with E-state index in [1.165, 1.54) is 6.07 Å². The lowest BCUT2D eigenvalue weighted by atomic mass is 10.1. The van der Waals surface area contributed by atoms with E-state index in [4.69, 9.17) is 0 Å². The number of rotatable bonds is 2. The van der Waals surface area contributed by atoms with Crippen LogP contribution >= 0.6 is 0 Å². The number of H-pyrrole nitrogens is 1. The summed E-state index contributed by atoms with van der Waals surface area (Å²) in [6.07, 6.45) is 0. The fourth-order valence-electron chi connectivity index (χ4n) is 2.74. The number of fused-ring (bicyclic) bond motifs is 3. The molecule has 3 N–H and O–H groups in total. The number of hydrogen-bond acceptors (Lipinski definition) is 4. The molecule has 24 heavy (non-hydrogen) atoms. The van der Waals surface area contributed by atoms with Crippen molar-refractivity contribution in [1.82, 2.24) is 9.97 Å². The molecule has 0 radical (unpaired) electrons. The van der Waals surface area contributed by atoms with E-state index in [2.05, 4.69) is 9.97 Å². The summed E-state index contributed by atoms with van der Waals surface area (Å²) in [6, 6.07) is 15.3. The second-order valence-corrected chi connectivity index (χ2v) is 6.85. The molecule has 120 valence electrons. The maximum absolute atomic E-state index is 11.4. The summed E-state index contributed by atoms with van der Waals surface area (Å²) in [4.78, 5) is 7.34. The van der Waals surface area contributed by atoms with Gasteiger partial charge in [0.15, 0.2) is 0 Å². The van der Waals surface area contributed by atoms with E-state index < -0.39 is 10.1 Å². The molecule has 4 rings (SSSR count). The number of nitrogens with one attached hydrogen (secondary N) is 1. The van der Waals surface area contributed by atoms with Crippen molar-refractivity contribution in [3.05, 3.63) is 54.6 Å². The molecule has 4 aromatic rings. The van der Waals surface area contributed by atoms with Crippen molar-refractivity contribution in [2.75, 3.05) is 0 Å². The van der Waals surface area contributed by atoms with Crippen LogP contribution in [0.5, 0.6) is 5.75 Å². The Hall–Kier alpha value is -2.90. The molecule has 0 unspecified atom stereocenters. The SMILES string of the molecule is O=S(=O)(O)c1cc(O)c2ccc3[nH]c(-c4ccccc4)nc3c2c1. The molecule has 6 nitrogen and oxygen atoms in total. The molecule has 0 aliphatic carbocycles. The fraction of sp³-hybridized carbons (Fsp3) is 0. The van der Waals surface area contributed by atoms with Crippen LogP contribution in [0.2, 0.25) is 0 Å². The maximum Gasteiger partial charge on any atom is 0.294 e.